The number of halogens is 1. The number of methoxy groups -OCH3 is 1. The van der Waals surface area contributed by atoms with Crippen LogP contribution in [0.1, 0.15) is 6.92 Å². The second-order valence-corrected chi connectivity index (χ2v) is 4.52. The smallest absolute Gasteiger partial charge is 0.322 e. The molecule has 8 heteroatoms. The van der Waals surface area contributed by atoms with E-state index >= 15 is 0 Å². The molecule has 18 heavy (non-hydrogen) atoms. The Morgan fingerprint density at radius 2 is 2.17 bits per heavy atom. The number of rotatable bonds is 4. The number of aromatic nitrogens is 3. The van der Waals surface area contributed by atoms with Crippen molar-refractivity contribution in [3.63, 3.8) is 0 Å². The number of hydrogen-bond donors (Lipinski definition) is 1. The molecule has 2 heterocycles. The zero-order chi connectivity index (χ0) is 13.3. The van der Waals surface area contributed by atoms with Crippen LogP contribution >= 0.6 is 11.6 Å². The molecule has 1 aromatic heterocycles. The Balaban J connectivity index is 2.04. The van der Waals surface area contributed by atoms with E-state index in [-0.39, 0.29) is 23.1 Å². The summed E-state index contributed by atoms with van der Waals surface area (Å²) in [6, 6.07) is 0.153. The van der Waals surface area contributed by atoms with E-state index in [2.05, 4.69) is 15.0 Å². The van der Waals surface area contributed by atoms with E-state index in [0.29, 0.717) is 19.0 Å². The lowest BCUT2D eigenvalue weighted by molar-refractivity contribution is -0.143. The third-order valence-electron chi connectivity index (χ3n) is 3.05. The number of nitrogens with zero attached hydrogens (tertiary/aromatic N) is 4. The van der Waals surface area contributed by atoms with Crippen LogP contribution in [0, 0.1) is 11.8 Å². The van der Waals surface area contributed by atoms with Crippen LogP contribution in [-0.4, -0.2) is 46.2 Å². The molecule has 1 aliphatic rings. The number of carboxylic acids is 1. The summed E-state index contributed by atoms with van der Waals surface area (Å²) in [5, 5.41) is 8.96. The van der Waals surface area contributed by atoms with Crippen molar-refractivity contribution in [1.29, 1.82) is 0 Å². The predicted octanol–water partition coefficient (Wildman–Crippen LogP) is 0.690. The molecule has 1 fully saturated rings. The zero-order valence-corrected chi connectivity index (χ0v) is 10.8. The highest BCUT2D eigenvalue weighted by Crippen LogP contribution is 2.28. The van der Waals surface area contributed by atoms with Gasteiger partial charge < -0.3 is 14.7 Å². The molecule has 0 bridgehead atoms. The van der Waals surface area contributed by atoms with Crippen LogP contribution in [0.5, 0.6) is 6.01 Å². The standard InChI is InChI=1S/C10H13ClN4O3/c1-5(7(16)17)6-3-15(4-6)9-12-8(11)13-10(14-9)18-2/h5-6H,3-4H2,1-2H3,(H,16,17). The molecular weight excluding hydrogens is 260 g/mol. The molecule has 0 saturated carbocycles. The Kier molecular flexibility index (Phi) is 3.51. The monoisotopic (exact) mass is 272 g/mol. The van der Waals surface area contributed by atoms with Crippen LogP contribution < -0.4 is 9.64 Å². The van der Waals surface area contributed by atoms with Gasteiger partial charge in [0.25, 0.3) is 0 Å². The third kappa shape index (κ3) is 2.45. The van der Waals surface area contributed by atoms with Gasteiger partial charge in [-0.05, 0) is 11.6 Å². The summed E-state index contributed by atoms with van der Waals surface area (Å²) in [5.74, 6) is -0.643. The summed E-state index contributed by atoms with van der Waals surface area (Å²) in [7, 11) is 1.45. The second-order valence-electron chi connectivity index (χ2n) is 4.18. The normalized spacial score (nSPS) is 17.2. The van der Waals surface area contributed by atoms with E-state index < -0.39 is 5.97 Å². The fraction of sp³-hybridized carbons (Fsp3) is 0.600. The Morgan fingerprint density at radius 3 is 2.72 bits per heavy atom. The summed E-state index contributed by atoms with van der Waals surface area (Å²) in [6.07, 6.45) is 0. The van der Waals surface area contributed by atoms with E-state index in [1.807, 2.05) is 4.90 Å². The number of carboxylic acid groups (broad SMARTS) is 1. The minimum atomic E-state index is -0.786. The Bertz CT molecular complexity index is 464. The molecule has 1 N–H and O–H groups in total. The molecule has 98 valence electrons. The highest BCUT2D eigenvalue weighted by molar-refractivity contribution is 6.28. The molecule has 0 aromatic carbocycles. The SMILES string of the molecule is COc1nc(Cl)nc(N2CC(C(C)C(=O)O)C2)n1. The van der Waals surface area contributed by atoms with Gasteiger partial charge in [-0.25, -0.2) is 0 Å². The van der Waals surface area contributed by atoms with Gasteiger partial charge in [0.05, 0.1) is 13.0 Å². The van der Waals surface area contributed by atoms with Crippen molar-refractivity contribution >= 4 is 23.5 Å². The Labute approximate surface area is 109 Å². The molecule has 1 atom stereocenters. The number of hydrogen-bond acceptors (Lipinski definition) is 6. The molecule has 0 radical (unpaired) electrons. The molecule has 1 aliphatic heterocycles. The first-order chi connectivity index (χ1) is 8.51. The van der Waals surface area contributed by atoms with Gasteiger partial charge in [0, 0.05) is 19.0 Å². The quantitative estimate of drug-likeness (QED) is 0.862. The topological polar surface area (TPSA) is 88.4 Å². The van der Waals surface area contributed by atoms with Gasteiger partial charge in [-0.3, -0.25) is 4.79 Å². The minimum absolute atomic E-state index is 0.0617. The van der Waals surface area contributed by atoms with Crippen molar-refractivity contribution < 1.29 is 14.6 Å². The van der Waals surface area contributed by atoms with Gasteiger partial charge in [-0.15, -0.1) is 0 Å². The first kappa shape index (κ1) is 12.8. The summed E-state index contributed by atoms with van der Waals surface area (Å²) >= 11 is 5.74. The van der Waals surface area contributed by atoms with Crippen molar-refractivity contribution in [3.05, 3.63) is 5.28 Å². The summed E-state index contributed by atoms with van der Waals surface area (Å²) in [5.41, 5.74) is 0. The maximum atomic E-state index is 10.8. The highest BCUT2D eigenvalue weighted by atomic mass is 35.5. The van der Waals surface area contributed by atoms with Crippen molar-refractivity contribution in [2.45, 2.75) is 6.92 Å². The van der Waals surface area contributed by atoms with Crippen LogP contribution in [0.15, 0.2) is 0 Å². The number of carbonyl (C=O) groups is 1. The van der Waals surface area contributed by atoms with Crippen molar-refractivity contribution in [3.8, 4) is 6.01 Å². The molecule has 1 aromatic rings. The van der Waals surface area contributed by atoms with E-state index in [0.717, 1.165) is 0 Å². The van der Waals surface area contributed by atoms with Crippen molar-refractivity contribution in [1.82, 2.24) is 15.0 Å². The Hall–Kier alpha value is -1.63. The lowest BCUT2D eigenvalue weighted by Crippen LogP contribution is -2.51. The molecule has 1 saturated heterocycles. The average molecular weight is 273 g/mol. The first-order valence-corrected chi connectivity index (χ1v) is 5.82. The van der Waals surface area contributed by atoms with Gasteiger partial charge >= 0.3 is 12.0 Å². The second kappa shape index (κ2) is 4.93. The first-order valence-electron chi connectivity index (χ1n) is 5.44. The zero-order valence-electron chi connectivity index (χ0n) is 10.00. The molecule has 2 rings (SSSR count). The van der Waals surface area contributed by atoms with Gasteiger partial charge in [0.1, 0.15) is 0 Å². The number of anilines is 1. The largest absolute Gasteiger partial charge is 0.481 e. The summed E-state index contributed by atoms with van der Waals surface area (Å²) in [4.78, 5) is 24.5. The van der Waals surface area contributed by atoms with Gasteiger partial charge in [-0.2, -0.15) is 15.0 Å². The maximum Gasteiger partial charge on any atom is 0.322 e. The lowest BCUT2D eigenvalue weighted by atomic mass is 9.87. The number of ether oxygens (including phenoxy) is 1. The lowest BCUT2D eigenvalue weighted by Gasteiger charge is -2.41. The third-order valence-corrected chi connectivity index (χ3v) is 3.22. The molecule has 0 amide bonds. The highest BCUT2D eigenvalue weighted by Gasteiger charge is 2.36. The molecule has 1 unspecified atom stereocenters. The molecule has 7 nitrogen and oxygen atoms in total. The molecular formula is C10H13ClN4O3. The van der Waals surface area contributed by atoms with Gasteiger partial charge in [0.2, 0.25) is 11.2 Å². The van der Waals surface area contributed by atoms with E-state index in [1.54, 1.807) is 6.92 Å². The Morgan fingerprint density at radius 1 is 1.50 bits per heavy atom. The summed E-state index contributed by atoms with van der Waals surface area (Å²) in [6.45, 7) is 2.89. The fourth-order valence-electron chi connectivity index (χ4n) is 1.75. The fourth-order valence-corrected chi connectivity index (χ4v) is 1.90. The van der Waals surface area contributed by atoms with Crippen LogP contribution in [-0.2, 0) is 4.79 Å². The van der Waals surface area contributed by atoms with Gasteiger partial charge in [-0.1, -0.05) is 6.92 Å². The van der Waals surface area contributed by atoms with Crippen LogP contribution in [0.3, 0.4) is 0 Å². The molecule has 0 aliphatic carbocycles. The van der Waals surface area contributed by atoms with Crippen molar-refractivity contribution in [2.75, 3.05) is 25.1 Å². The van der Waals surface area contributed by atoms with Gasteiger partial charge in [0.15, 0.2) is 0 Å². The van der Waals surface area contributed by atoms with Crippen molar-refractivity contribution in [2.24, 2.45) is 11.8 Å². The van der Waals surface area contributed by atoms with E-state index in [9.17, 15) is 4.79 Å². The van der Waals surface area contributed by atoms with Crippen LogP contribution in [0.25, 0.3) is 0 Å². The molecule has 0 spiro atoms. The summed E-state index contributed by atoms with van der Waals surface area (Å²) < 4.78 is 4.90. The van der Waals surface area contributed by atoms with Crippen LogP contribution in [0.2, 0.25) is 5.28 Å². The van der Waals surface area contributed by atoms with Crippen LogP contribution in [0.4, 0.5) is 5.95 Å². The van der Waals surface area contributed by atoms with E-state index in [1.165, 1.54) is 7.11 Å². The average Bonchev–Trinajstić information content (AvgIpc) is 2.25. The minimum Gasteiger partial charge on any atom is -0.481 e. The predicted molar refractivity (Wildman–Crippen MR) is 63.9 cm³/mol. The van der Waals surface area contributed by atoms with E-state index in [4.69, 9.17) is 21.4 Å². The number of aliphatic carboxylic acids is 1. The maximum absolute atomic E-state index is 10.8.